The molecule has 1 aromatic heterocycles. The smallest absolute Gasteiger partial charge is 0.169 e. The lowest BCUT2D eigenvalue weighted by atomic mass is 10.1. The normalized spacial score (nSPS) is 12.7. The average Bonchev–Trinajstić information content (AvgIpc) is 2.82. The molecule has 1 atom stereocenters. The van der Waals surface area contributed by atoms with Crippen molar-refractivity contribution in [2.75, 3.05) is 6.54 Å². The Morgan fingerprint density at radius 2 is 2.00 bits per heavy atom. The van der Waals surface area contributed by atoms with Crippen LogP contribution in [0.25, 0.3) is 11.3 Å². The van der Waals surface area contributed by atoms with E-state index in [9.17, 15) is 8.78 Å². The lowest BCUT2D eigenvalue weighted by molar-refractivity contribution is 0.441. The van der Waals surface area contributed by atoms with Crippen molar-refractivity contribution in [1.82, 2.24) is 5.32 Å². The Morgan fingerprint density at radius 3 is 2.72 bits per heavy atom. The fourth-order valence-corrected chi connectivity index (χ4v) is 1.83. The number of hydrogen-bond acceptors (Lipinski definition) is 2. The third-order valence-corrected chi connectivity index (χ3v) is 2.78. The van der Waals surface area contributed by atoms with Gasteiger partial charge >= 0.3 is 0 Å². The summed E-state index contributed by atoms with van der Waals surface area (Å²) in [7, 11) is 0. The average molecular weight is 251 g/mol. The molecule has 4 heteroatoms. The van der Waals surface area contributed by atoms with Gasteiger partial charge in [0.15, 0.2) is 11.6 Å². The minimum atomic E-state index is -0.880. The topological polar surface area (TPSA) is 25.2 Å². The Bertz CT molecular complexity index is 536. The second kappa shape index (κ2) is 5.31. The molecule has 1 unspecified atom stereocenters. The Labute approximate surface area is 105 Å². The summed E-state index contributed by atoms with van der Waals surface area (Å²) in [6, 6.07) is 7.51. The summed E-state index contributed by atoms with van der Waals surface area (Å²) < 4.78 is 32.3. The van der Waals surface area contributed by atoms with Crippen molar-refractivity contribution < 1.29 is 13.2 Å². The van der Waals surface area contributed by atoms with E-state index in [0.717, 1.165) is 12.6 Å². The molecule has 0 bridgehead atoms. The number of rotatable bonds is 4. The largest absolute Gasteiger partial charge is 0.459 e. The highest BCUT2D eigenvalue weighted by atomic mass is 19.2. The van der Waals surface area contributed by atoms with Crippen molar-refractivity contribution >= 4 is 0 Å². The van der Waals surface area contributed by atoms with Crippen LogP contribution in [-0.4, -0.2) is 6.54 Å². The van der Waals surface area contributed by atoms with E-state index < -0.39 is 11.6 Å². The van der Waals surface area contributed by atoms with Gasteiger partial charge in [-0.1, -0.05) is 13.0 Å². The second-order valence-electron chi connectivity index (χ2n) is 4.08. The Kier molecular flexibility index (Phi) is 3.77. The third-order valence-electron chi connectivity index (χ3n) is 2.78. The Hall–Kier alpha value is -1.68. The predicted octanol–water partition coefficient (Wildman–Crippen LogP) is 3.90. The molecular weight excluding hydrogens is 236 g/mol. The maximum atomic E-state index is 13.6. The summed E-state index contributed by atoms with van der Waals surface area (Å²) in [4.78, 5) is 0. The minimum absolute atomic E-state index is 0.0420. The highest BCUT2D eigenvalue weighted by Gasteiger charge is 2.15. The zero-order valence-corrected chi connectivity index (χ0v) is 10.3. The van der Waals surface area contributed by atoms with Crippen molar-refractivity contribution in [2.45, 2.75) is 19.9 Å². The molecule has 2 rings (SSSR count). The van der Waals surface area contributed by atoms with Gasteiger partial charge in [0, 0.05) is 0 Å². The van der Waals surface area contributed by atoms with Crippen molar-refractivity contribution in [2.24, 2.45) is 0 Å². The van der Waals surface area contributed by atoms with Crippen molar-refractivity contribution in [3.05, 3.63) is 47.7 Å². The summed E-state index contributed by atoms with van der Waals surface area (Å²) in [6.45, 7) is 4.76. The molecule has 1 aromatic carbocycles. The Balaban J connectivity index is 2.32. The zero-order chi connectivity index (χ0) is 13.1. The van der Waals surface area contributed by atoms with Crippen LogP contribution < -0.4 is 5.32 Å². The molecule has 1 heterocycles. The molecule has 0 aliphatic rings. The fraction of sp³-hybridized carbons (Fsp3) is 0.286. The van der Waals surface area contributed by atoms with Crippen LogP contribution in [0.2, 0.25) is 0 Å². The van der Waals surface area contributed by atoms with Crippen LogP contribution in [0, 0.1) is 11.6 Å². The summed E-state index contributed by atoms with van der Waals surface area (Å²) >= 11 is 0. The molecule has 1 N–H and O–H groups in total. The molecule has 0 saturated heterocycles. The van der Waals surface area contributed by atoms with Crippen LogP contribution in [-0.2, 0) is 0 Å². The highest BCUT2D eigenvalue weighted by Crippen LogP contribution is 2.28. The first-order valence-electron chi connectivity index (χ1n) is 5.91. The van der Waals surface area contributed by atoms with Gasteiger partial charge in [0.1, 0.15) is 11.5 Å². The van der Waals surface area contributed by atoms with Gasteiger partial charge in [-0.2, -0.15) is 0 Å². The molecule has 0 spiro atoms. The maximum Gasteiger partial charge on any atom is 0.169 e. The molecule has 2 aromatic rings. The van der Waals surface area contributed by atoms with E-state index in [1.54, 1.807) is 12.1 Å². The van der Waals surface area contributed by atoms with Gasteiger partial charge in [-0.3, -0.25) is 0 Å². The van der Waals surface area contributed by atoms with E-state index in [0.29, 0.717) is 11.5 Å². The van der Waals surface area contributed by atoms with Crippen LogP contribution in [0.4, 0.5) is 8.78 Å². The van der Waals surface area contributed by atoms with Crippen LogP contribution in [0.1, 0.15) is 25.6 Å². The second-order valence-corrected chi connectivity index (χ2v) is 4.08. The van der Waals surface area contributed by atoms with Crippen LogP contribution in [0.5, 0.6) is 0 Å². The molecule has 0 aliphatic heterocycles. The van der Waals surface area contributed by atoms with Gasteiger partial charge in [-0.15, -0.1) is 0 Å². The molecule has 0 aliphatic carbocycles. The third kappa shape index (κ3) is 2.43. The number of halogens is 2. The highest BCUT2D eigenvalue weighted by molar-refractivity contribution is 5.58. The molecule has 96 valence electrons. The van der Waals surface area contributed by atoms with Gasteiger partial charge in [0.25, 0.3) is 0 Å². The SMILES string of the molecule is CCNC(C)c1ccc(-c2cccc(F)c2F)o1. The molecule has 0 radical (unpaired) electrons. The molecule has 0 saturated carbocycles. The first kappa shape index (κ1) is 12.8. The molecule has 2 nitrogen and oxygen atoms in total. The first-order chi connectivity index (χ1) is 8.63. The van der Waals surface area contributed by atoms with Gasteiger partial charge in [-0.25, -0.2) is 8.78 Å². The molecular formula is C14H15F2NO. The van der Waals surface area contributed by atoms with E-state index in [1.165, 1.54) is 12.1 Å². The van der Waals surface area contributed by atoms with E-state index in [1.807, 2.05) is 13.8 Å². The van der Waals surface area contributed by atoms with Gasteiger partial charge in [0.05, 0.1) is 11.6 Å². The first-order valence-corrected chi connectivity index (χ1v) is 5.91. The lowest BCUT2D eigenvalue weighted by Crippen LogP contribution is -2.16. The number of nitrogens with one attached hydrogen (secondary N) is 1. The molecule has 0 amide bonds. The Morgan fingerprint density at radius 1 is 1.22 bits per heavy atom. The van der Waals surface area contributed by atoms with E-state index in [-0.39, 0.29) is 11.6 Å². The maximum absolute atomic E-state index is 13.6. The summed E-state index contributed by atoms with van der Waals surface area (Å²) in [6.07, 6.45) is 0. The number of benzene rings is 1. The summed E-state index contributed by atoms with van der Waals surface area (Å²) in [5.74, 6) is -0.707. The van der Waals surface area contributed by atoms with Crippen molar-refractivity contribution in [3.8, 4) is 11.3 Å². The fourth-order valence-electron chi connectivity index (χ4n) is 1.83. The van der Waals surface area contributed by atoms with E-state index in [2.05, 4.69) is 5.32 Å². The monoisotopic (exact) mass is 251 g/mol. The zero-order valence-electron chi connectivity index (χ0n) is 10.3. The van der Waals surface area contributed by atoms with E-state index in [4.69, 9.17) is 4.42 Å². The van der Waals surface area contributed by atoms with Crippen LogP contribution >= 0.6 is 0 Å². The van der Waals surface area contributed by atoms with E-state index >= 15 is 0 Å². The summed E-state index contributed by atoms with van der Waals surface area (Å²) in [5, 5.41) is 3.19. The van der Waals surface area contributed by atoms with Crippen molar-refractivity contribution in [3.63, 3.8) is 0 Å². The van der Waals surface area contributed by atoms with Gasteiger partial charge < -0.3 is 9.73 Å². The number of hydrogen-bond donors (Lipinski definition) is 1. The minimum Gasteiger partial charge on any atom is -0.459 e. The van der Waals surface area contributed by atoms with Crippen LogP contribution in [0.3, 0.4) is 0 Å². The number of furan rings is 1. The standard InChI is InChI=1S/C14H15F2NO/c1-3-17-9(2)12-7-8-13(18-12)10-5-4-6-11(15)14(10)16/h4-9,17H,3H2,1-2H3. The quantitative estimate of drug-likeness (QED) is 0.891. The molecule has 0 fully saturated rings. The van der Waals surface area contributed by atoms with Crippen molar-refractivity contribution in [1.29, 1.82) is 0 Å². The van der Waals surface area contributed by atoms with Gasteiger partial charge in [-0.05, 0) is 37.7 Å². The summed E-state index contributed by atoms with van der Waals surface area (Å²) in [5.41, 5.74) is 0.143. The predicted molar refractivity (Wildman–Crippen MR) is 66.2 cm³/mol. The van der Waals surface area contributed by atoms with Gasteiger partial charge in [0.2, 0.25) is 0 Å². The molecule has 18 heavy (non-hydrogen) atoms. The lowest BCUT2D eigenvalue weighted by Gasteiger charge is -2.08. The van der Waals surface area contributed by atoms with Crippen LogP contribution in [0.15, 0.2) is 34.7 Å².